The number of nitrogens with zero attached hydrogens (tertiary/aromatic N) is 2. The Kier molecular flexibility index (Phi) is 5.35. The van der Waals surface area contributed by atoms with E-state index in [0.717, 1.165) is 6.07 Å². The zero-order chi connectivity index (χ0) is 19.4. The summed E-state index contributed by atoms with van der Waals surface area (Å²) in [6.45, 7) is 1.56. The number of esters is 1. The standard InChI is InChI=1S/C19H17FN2O5/c1-11(26-19(23)15-9-8-14(25-3)10-16(15)20)17-21-22-18(27-17)12-4-6-13(24-2)7-5-12/h4-11H,1-3H3/t11-/m0/s1. The summed E-state index contributed by atoms with van der Waals surface area (Å²) in [5.74, 6) is -0.211. The Bertz CT molecular complexity index is 940. The Morgan fingerprint density at radius 3 is 2.33 bits per heavy atom. The molecule has 140 valence electrons. The van der Waals surface area contributed by atoms with Gasteiger partial charge < -0.3 is 18.6 Å². The number of hydrogen-bond donors (Lipinski definition) is 0. The number of aromatic nitrogens is 2. The van der Waals surface area contributed by atoms with Crippen LogP contribution in [0.25, 0.3) is 11.5 Å². The van der Waals surface area contributed by atoms with Gasteiger partial charge in [0.2, 0.25) is 5.89 Å². The minimum Gasteiger partial charge on any atom is -0.497 e. The van der Waals surface area contributed by atoms with Crippen molar-refractivity contribution in [2.45, 2.75) is 13.0 Å². The molecular formula is C19H17FN2O5. The Labute approximate surface area is 154 Å². The SMILES string of the molecule is COc1ccc(-c2nnc([C@H](C)OC(=O)c3ccc(OC)cc3F)o2)cc1. The highest BCUT2D eigenvalue weighted by molar-refractivity contribution is 5.90. The van der Waals surface area contributed by atoms with Crippen molar-refractivity contribution in [2.24, 2.45) is 0 Å². The van der Waals surface area contributed by atoms with Crippen LogP contribution >= 0.6 is 0 Å². The summed E-state index contributed by atoms with van der Waals surface area (Å²) in [6, 6.07) is 10.9. The molecule has 0 radical (unpaired) electrons. The van der Waals surface area contributed by atoms with Crippen LogP contribution < -0.4 is 9.47 Å². The number of carbonyl (C=O) groups is 1. The van der Waals surface area contributed by atoms with Crippen LogP contribution in [0.1, 0.15) is 29.3 Å². The fourth-order valence-electron chi connectivity index (χ4n) is 2.31. The quantitative estimate of drug-likeness (QED) is 0.608. The monoisotopic (exact) mass is 372 g/mol. The van der Waals surface area contributed by atoms with Gasteiger partial charge in [-0.1, -0.05) is 0 Å². The third-order valence-corrected chi connectivity index (χ3v) is 3.81. The van der Waals surface area contributed by atoms with E-state index in [1.54, 1.807) is 38.3 Å². The fraction of sp³-hybridized carbons (Fsp3) is 0.211. The number of ether oxygens (including phenoxy) is 3. The molecule has 27 heavy (non-hydrogen) atoms. The second kappa shape index (κ2) is 7.86. The maximum absolute atomic E-state index is 14.0. The molecule has 0 bridgehead atoms. The van der Waals surface area contributed by atoms with Crippen LogP contribution in [0.5, 0.6) is 11.5 Å². The molecule has 0 fully saturated rings. The van der Waals surface area contributed by atoms with E-state index in [4.69, 9.17) is 18.6 Å². The normalized spacial score (nSPS) is 11.7. The molecular weight excluding hydrogens is 355 g/mol. The number of carbonyl (C=O) groups excluding carboxylic acids is 1. The molecule has 0 saturated carbocycles. The Hall–Kier alpha value is -3.42. The predicted octanol–water partition coefficient (Wildman–Crippen LogP) is 3.81. The highest BCUT2D eigenvalue weighted by Gasteiger charge is 2.22. The molecule has 0 amide bonds. The molecule has 8 heteroatoms. The summed E-state index contributed by atoms with van der Waals surface area (Å²) in [5, 5.41) is 7.84. The van der Waals surface area contributed by atoms with Crippen molar-refractivity contribution in [1.82, 2.24) is 10.2 Å². The minimum absolute atomic E-state index is 0.100. The highest BCUT2D eigenvalue weighted by atomic mass is 19.1. The van der Waals surface area contributed by atoms with E-state index >= 15 is 0 Å². The Morgan fingerprint density at radius 2 is 1.70 bits per heavy atom. The summed E-state index contributed by atoms with van der Waals surface area (Å²) in [6.07, 6.45) is -0.849. The van der Waals surface area contributed by atoms with E-state index in [9.17, 15) is 9.18 Å². The lowest BCUT2D eigenvalue weighted by Gasteiger charge is -2.10. The zero-order valence-electron chi connectivity index (χ0n) is 14.9. The second-order valence-electron chi connectivity index (χ2n) is 5.57. The topological polar surface area (TPSA) is 83.7 Å². The lowest BCUT2D eigenvalue weighted by molar-refractivity contribution is 0.0274. The van der Waals surface area contributed by atoms with Crippen LogP contribution in [-0.4, -0.2) is 30.4 Å². The number of halogens is 1. The van der Waals surface area contributed by atoms with Gasteiger partial charge in [-0.05, 0) is 43.3 Å². The number of hydrogen-bond acceptors (Lipinski definition) is 7. The summed E-state index contributed by atoms with van der Waals surface area (Å²) in [4.78, 5) is 12.2. The van der Waals surface area contributed by atoms with Crippen LogP contribution in [0, 0.1) is 5.82 Å². The first-order valence-electron chi connectivity index (χ1n) is 8.04. The molecule has 7 nitrogen and oxygen atoms in total. The molecule has 1 aromatic heterocycles. The van der Waals surface area contributed by atoms with E-state index < -0.39 is 17.9 Å². The molecule has 0 aliphatic carbocycles. The maximum Gasteiger partial charge on any atom is 0.341 e. The van der Waals surface area contributed by atoms with Gasteiger partial charge in [-0.15, -0.1) is 10.2 Å². The average Bonchev–Trinajstić information content (AvgIpc) is 3.18. The molecule has 3 aromatic rings. The van der Waals surface area contributed by atoms with Crippen molar-refractivity contribution in [1.29, 1.82) is 0 Å². The molecule has 0 saturated heterocycles. The first-order valence-corrected chi connectivity index (χ1v) is 8.04. The van der Waals surface area contributed by atoms with Crippen LogP contribution in [0.15, 0.2) is 46.9 Å². The molecule has 0 unspecified atom stereocenters. The van der Waals surface area contributed by atoms with E-state index in [1.807, 2.05) is 0 Å². The van der Waals surface area contributed by atoms with Crippen molar-refractivity contribution in [3.8, 4) is 23.0 Å². The van der Waals surface area contributed by atoms with Crippen molar-refractivity contribution in [2.75, 3.05) is 14.2 Å². The van der Waals surface area contributed by atoms with Gasteiger partial charge in [0.25, 0.3) is 5.89 Å². The van der Waals surface area contributed by atoms with E-state index in [-0.39, 0.29) is 17.3 Å². The van der Waals surface area contributed by atoms with E-state index in [0.29, 0.717) is 17.1 Å². The van der Waals surface area contributed by atoms with Gasteiger partial charge >= 0.3 is 5.97 Å². The van der Waals surface area contributed by atoms with Crippen molar-refractivity contribution < 1.29 is 27.8 Å². The molecule has 1 heterocycles. The maximum atomic E-state index is 14.0. The first kappa shape index (κ1) is 18.4. The molecule has 1 atom stereocenters. The number of methoxy groups -OCH3 is 2. The van der Waals surface area contributed by atoms with Crippen molar-refractivity contribution >= 4 is 5.97 Å². The minimum atomic E-state index is -0.849. The lowest BCUT2D eigenvalue weighted by Crippen LogP contribution is -2.11. The summed E-state index contributed by atoms with van der Waals surface area (Å²) >= 11 is 0. The number of rotatable bonds is 6. The summed E-state index contributed by atoms with van der Waals surface area (Å²) in [5.41, 5.74) is 0.479. The van der Waals surface area contributed by atoms with Gasteiger partial charge in [0.1, 0.15) is 17.3 Å². The highest BCUT2D eigenvalue weighted by Crippen LogP contribution is 2.25. The van der Waals surface area contributed by atoms with E-state index in [1.165, 1.54) is 19.2 Å². The van der Waals surface area contributed by atoms with Crippen LogP contribution in [-0.2, 0) is 4.74 Å². The van der Waals surface area contributed by atoms with Gasteiger partial charge in [-0.2, -0.15) is 0 Å². The smallest absolute Gasteiger partial charge is 0.341 e. The summed E-state index contributed by atoms with van der Waals surface area (Å²) < 4.78 is 34.8. The molecule has 0 aliphatic heterocycles. The van der Waals surface area contributed by atoms with Gasteiger partial charge in [-0.25, -0.2) is 9.18 Å². The van der Waals surface area contributed by atoms with E-state index in [2.05, 4.69) is 10.2 Å². The molecule has 2 aromatic carbocycles. The van der Waals surface area contributed by atoms with Crippen molar-refractivity contribution in [3.63, 3.8) is 0 Å². The van der Waals surface area contributed by atoms with Gasteiger partial charge in [-0.3, -0.25) is 0 Å². The third-order valence-electron chi connectivity index (χ3n) is 3.81. The van der Waals surface area contributed by atoms with Gasteiger partial charge in [0, 0.05) is 11.6 Å². The zero-order valence-corrected chi connectivity index (χ0v) is 14.9. The summed E-state index contributed by atoms with van der Waals surface area (Å²) in [7, 11) is 2.98. The van der Waals surface area contributed by atoms with Crippen LogP contribution in [0.2, 0.25) is 0 Å². The van der Waals surface area contributed by atoms with Crippen molar-refractivity contribution in [3.05, 3.63) is 59.7 Å². The molecule has 3 rings (SSSR count). The Morgan fingerprint density at radius 1 is 1.04 bits per heavy atom. The lowest BCUT2D eigenvalue weighted by atomic mass is 10.2. The predicted molar refractivity (Wildman–Crippen MR) is 93.1 cm³/mol. The first-order chi connectivity index (χ1) is 13.0. The largest absolute Gasteiger partial charge is 0.497 e. The third kappa shape index (κ3) is 4.05. The van der Waals surface area contributed by atoms with Crippen LogP contribution in [0.3, 0.4) is 0 Å². The number of benzene rings is 2. The van der Waals surface area contributed by atoms with Gasteiger partial charge in [0.15, 0.2) is 6.10 Å². The fourth-order valence-corrected chi connectivity index (χ4v) is 2.31. The molecule has 0 spiro atoms. The molecule has 0 aliphatic rings. The average molecular weight is 372 g/mol. The molecule has 0 N–H and O–H groups in total. The second-order valence-corrected chi connectivity index (χ2v) is 5.57. The van der Waals surface area contributed by atoms with Gasteiger partial charge in [0.05, 0.1) is 19.8 Å². The van der Waals surface area contributed by atoms with Crippen LogP contribution in [0.4, 0.5) is 4.39 Å². The Balaban J connectivity index is 1.72.